The Kier molecular flexibility index (Phi) is 9.96. The number of hydrogen-bond acceptors (Lipinski definition) is 9. The normalized spacial score (nSPS) is 13.9. The van der Waals surface area contributed by atoms with Gasteiger partial charge in [0.15, 0.2) is 15.7 Å². The van der Waals surface area contributed by atoms with E-state index in [2.05, 4.69) is 32.8 Å². The number of aromatic nitrogens is 2. The van der Waals surface area contributed by atoms with Crippen molar-refractivity contribution in [3.05, 3.63) is 58.7 Å². The standard InChI is InChI=1S/C30H39ClN6O4S/c1-18(2)41-26-14-21-17-37(20(5)10-9-13-32-6)29(38)22(21)15-25(26)35-30-33-16-23(31)28(36-30)34-24-11-7-8-12-27(24)42(39,40)19(3)4/h7-8,11-12,14-16,18-20,32H,9-10,13,17H2,1-6H3,(H2,33,34,35,36)/t20-/m1/s1. The third-order valence-corrected chi connectivity index (χ3v) is 9.53. The van der Waals surface area contributed by atoms with E-state index in [1.54, 1.807) is 44.2 Å². The summed E-state index contributed by atoms with van der Waals surface area (Å²) in [5, 5.41) is 9.01. The number of nitrogens with zero attached hydrogens (tertiary/aromatic N) is 3. The molecule has 4 rings (SSSR count). The zero-order valence-corrected chi connectivity index (χ0v) is 26.4. The van der Waals surface area contributed by atoms with Crippen LogP contribution in [0.5, 0.6) is 5.75 Å². The van der Waals surface area contributed by atoms with Gasteiger partial charge in [-0.05, 0) is 90.9 Å². The molecule has 2 aromatic carbocycles. The lowest BCUT2D eigenvalue weighted by atomic mass is 10.1. The van der Waals surface area contributed by atoms with Gasteiger partial charge in [0.05, 0.1) is 33.8 Å². The van der Waals surface area contributed by atoms with Crippen LogP contribution in [0.4, 0.5) is 23.1 Å². The summed E-state index contributed by atoms with van der Waals surface area (Å²) in [7, 11) is -1.64. The van der Waals surface area contributed by atoms with Crippen LogP contribution < -0.4 is 20.7 Å². The quantitative estimate of drug-likeness (QED) is 0.201. The Bertz CT molecular complexity index is 1550. The molecule has 1 aromatic heterocycles. The topological polar surface area (TPSA) is 126 Å². The molecule has 10 nitrogen and oxygen atoms in total. The molecule has 0 spiro atoms. The van der Waals surface area contributed by atoms with Crippen molar-refractivity contribution < 1.29 is 17.9 Å². The van der Waals surface area contributed by atoms with E-state index in [0.717, 1.165) is 24.9 Å². The number of carbonyl (C=O) groups is 1. The number of benzene rings is 2. The maximum atomic E-state index is 13.4. The van der Waals surface area contributed by atoms with Crippen LogP contribution in [0.25, 0.3) is 0 Å². The maximum Gasteiger partial charge on any atom is 0.254 e. The van der Waals surface area contributed by atoms with Crippen LogP contribution in [0.1, 0.15) is 63.4 Å². The van der Waals surface area contributed by atoms with Crippen molar-refractivity contribution >= 4 is 50.5 Å². The molecule has 2 heterocycles. The summed E-state index contributed by atoms with van der Waals surface area (Å²) < 4.78 is 32.0. The lowest BCUT2D eigenvalue weighted by Crippen LogP contribution is -2.33. The Labute approximate surface area is 253 Å². The van der Waals surface area contributed by atoms with Crippen LogP contribution in [0.3, 0.4) is 0 Å². The number of anilines is 4. The summed E-state index contributed by atoms with van der Waals surface area (Å²) in [4.78, 5) is 24.3. The highest BCUT2D eigenvalue weighted by Gasteiger charge is 2.32. The summed E-state index contributed by atoms with van der Waals surface area (Å²) in [6, 6.07) is 10.4. The Morgan fingerprint density at radius 3 is 2.50 bits per heavy atom. The maximum absolute atomic E-state index is 13.4. The fourth-order valence-corrected chi connectivity index (χ4v) is 6.07. The molecule has 0 aliphatic carbocycles. The highest BCUT2D eigenvalue weighted by molar-refractivity contribution is 7.92. The second-order valence-corrected chi connectivity index (χ2v) is 13.8. The number of carbonyl (C=O) groups excluding carboxylic acids is 1. The lowest BCUT2D eigenvalue weighted by Gasteiger charge is -2.24. The first-order valence-electron chi connectivity index (χ1n) is 14.1. The molecule has 0 saturated heterocycles. The van der Waals surface area contributed by atoms with Crippen LogP contribution >= 0.6 is 11.6 Å². The third kappa shape index (κ3) is 6.96. The number of para-hydroxylation sites is 1. The van der Waals surface area contributed by atoms with E-state index in [4.69, 9.17) is 16.3 Å². The van der Waals surface area contributed by atoms with Crippen LogP contribution in [0.15, 0.2) is 47.5 Å². The van der Waals surface area contributed by atoms with Gasteiger partial charge >= 0.3 is 0 Å². The van der Waals surface area contributed by atoms with Gasteiger partial charge in [0, 0.05) is 18.2 Å². The molecule has 1 aliphatic heterocycles. The lowest BCUT2D eigenvalue weighted by molar-refractivity contribution is 0.0707. The molecule has 0 saturated carbocycles. The number of ether oxygens (including phenoxy) is 1. The number of amides is 1. The van der Waals surface area contributed by atoms with Crippen LogP contribution in [-0.2, 0) is 16.4 Å². The molecule has 3 aromatic rings. The first kappa shape index (κ1) is 31.5. The number of halogens is 1. The van der Waals surface area contributed by atoms with Crippen LogP contribution in [0.2, 0.25) is 5.02 Å². The molecule has 1 atom stereocenters. The molecule has 0 bridgehead atoms. The highest BCUT2D eigenvalue weighted by Crippen LogP contribution is 2.37. The van der Waals surface area contributed by atoms with Gasteiger partial charge in [-0.2, -0.15) is 4.98 Å². The van der Waals surface area contributed by atoms with Gasteiger partial charge in [-0.3, -0.25) is 4.79 Å². The molecular formula is C30H39ClN6O4S. The fourth-order valence-electron chi connectivity index (χ4n) is 4.73. The number of hydrogen-bond donors (Lipinski definition) is 3. The average Bonchev–Trinajstić information content (AvgIpc) is 3.25. The molecule has 0 radical (unpaired) electrons. The smallest absolute Gasteiger partial charge is 0.254 e. The summed E-state index contributed by atoms with van der Waals surface area (Å²) in [5.41, 5.74) is 2.41. The van der Waals surface area contributed by atoms with E-state index in [0.29, 0.717) is 29.2 Å². The van der Waals surface area contributed by atoms with Crippen molar-refractivity contribution in [3.63, 3.8) is 0 Å². The van der Waals surface area contributed by atoms with Crippen LogP contribution in [0, 0.1) is 0 Å². The van der Waals surface area contributed by atoms with Gasteiger partial charge in [0.25, 0.3) is 5.91 Å². The zero-order chi connectivity index (χ0) is 30.6. The summed E-state index contributed by atoms with van der Waals surface area (Å²) >= 11 is 6.42. The van der Waals surface area contributed by atoms with Crippen molar-refractivity contribution in [2.24, 2.45) is 0 Å². The molecule has 0 unspecified atom stereocenters. The number of rotatable bonds is 13. The molecule has 0 fully saturated rings. The Hall–Kier alpha value is -3.41. The van der Waals surface area contributed by atoms with E-state index in [-0.39, 0.29) is 39.7 Å². The average molecular weight is 615 g/mol. The first-order valence-corrected chi connectivity index (χ1v) is 16.0. The number of nitrogens with one attached hydrogen (secondary N) is 3. The van der Waals surface area contributed by atoms with Gasteiger partial charge in [-0.25, -0.2) is 13.4 Å². The Morgan fingerprint density at radius 2 is 1.81 bits per heavy atom. The van der Waals surface area contributed by atoms with Crippen molar-refractivity contribution in [2.45, 2.75) is 76.3 Å². The Morgan fingerprint density at radius 1 is 1.07 bits per heavy atom. The van der Waals surface area contributed by atoms with Crippen LogP contribution in [-0.4, -0.2) is 60.2 Å². The highest BCUT2D eigenvalue weighted by atomic mass is 35.5. The van der Waals surface area contributed by atoms with Gasteiger partial charge in [0.1, 0.15) is 10.8 Å². The monoisotopic (exact) mass is 614 g/mol. The van der Waals surface area contributed by atoms with Crippen molar-refractivity contribution in [2.75, 3.05) is 24.2 Å². The van der Waals surface area contributed by atoms with Crippen molar-refractivity contribution in [1.82, 2.24) is 20.2 Å². The second-order valence-electron chi connectivity index (χ2n) is 10.9. The predicted molar refractivity (Wildman–Crippen MR) is 167 cm³/mol. The minimum Gasteiger partial charge on any atom is -0.489 e. The molecule has 226 valence electrons. The summed E-state index contributed by atoms with van der Waals surface area (Å²) in [6.07, 6.45) is 3.19. The predicted octanol–water partition coefficient (Wildman–Crippen LogP) is 5.93. The fraction of sp³-hybridized carbons (Fsp3) is 0.433. The van der Waals surface area contributed by atoms with E-state index in [9.17, 15) is 13.2 Å². The van der Waals surface area contributed by atoms with Crippen molar-refractivity contribution in [3.8, 4) is 5.75 Å². The van der Waals surface area contributed by atoms with E-state index < -0.39 is 15.1 Å². The minimum atomic E-state index is -3.57. The van der Waals surface area contributed by atoms with E-state index in [1.807, 2.05) is 31.9 Å². The molecule has 42 heavy (non-hydrogen) atoms. The van der Waals surface area contributed by atoms with Gasteiger partial charge in [-0.15, -0.1) is 0 Å². The van der Waals surface area contributed by atoms with E-state index in [1.165, 1.54) is 6.20 Å². The number of fused-ring (bicyclic) bond motifs is 1. The molecular weight excluding hydrogens is 576 g/mol. The molecule has 1 aliphatic rings. The van der Waals surface area contributed by atoms with E-state index >= 15 is 0 Å². The molecule has 12 heteroatoms. The van der Waals surface area contributed by atoms with Gasteiger partial charge in [-0.1, -0.05) is 23.7 Å². The second kappa shape index (κ2) is 13.3. The molecule has 3 N–H and O–H groups in total. The van der Waals surface area contributed by atoms with Gasteiger partial charge in [0.2, 0.25) is 5.95 Å². The SMILES string of the molecule is CNCCC[C@@H](C)N1Cc2cc(OC(C)C)c(Nc3ncc(Cl)c(Nc4ccccc4S(=O)(=O)C(C)C)n3)cc2C1=O. The largest absolute Gasteiger partial charge is 0.489 e. The first-order chi connectivity index (χ1) is 19.9. The minimum absolute atomic E-state index is 0.0246. The third-order valence-electron chi connectivity index (χ3n) is 7.04. The molecule has 1 amide bonds. The summed E-state index contributed by atoms with van der Waals surface area (Å²) in [6.45, 7) is 10.6. The van der Waals surface area contributed by atoms with Gasteiger partial charge < -0.3 is 25.6 Å². The van der Waals surface area contributed by atoms with Crippen molar-refractivity contribution in [1.29, 1.82) is 0 Å². The number of sulfone groups is 1. The summed E-state index contributed by atoms with van der Waals surface area (Å²) in [5.74, 6) is 0.971. The Balaban J connectivity index is 1.64. The zero-order valence-electron chi connectivity index (χ0n) is 24.9.